The van der Waals surface area contributed by atoms with Gasteiger partial charge < -0.3 is 24.0 Å². The van der Waals surface area contributed by atoms with Crippen LogP contribution in [0.5, 0.6) is 17.4 Å². The Balaban J connectivity index is 1.13. The SMILES string of the molecule is COc1cc(C)c(S(=O)(=O)N2CCC[C@H]2COc2ccnc(N(C)CCN3CCC(Oc4ccncc4)CC3)n2)c(C)c1. The lowest BCUT2D eigenvalue weighted by Crippen LogP contribution is -2.42. The van der Waals surface area contributed by atoms with E-state index in [9.17, 15) is 8.42 Å². The number of anilines is 1. The van der Waals surface area contributed by atoms with Crippen LogP contribution in [0.25, 0.3) is 0 Å². The van der Waals surface area contributed by atoms with Crippen molar-refractivity contribution >= 4 is 16.0 Å². The van der Waals surface area contributed by atoms with E-state index in [0.717, 1.165) is 57.6 Å². The summed E-state index contributed by atoms with van der Waals surface area (Å²) in [6.07, 6.45) is 8.90. The highest BCUT2D eigenvalue weighted by atomic mass is 32.2. The van der Waals surface area contributed by atoms with E-state index in [4.69, 9.17) is 14.2 Å². The number of piperidine rings is 1. The van der Waals surface area contributed by atoms with E-state index in [2.05, 4.69) is 19.9 Å². The second-order valence-corrected chi connectivity index (χ2v) is 13.1. The summed E-state index contributed by atoms with van der Waals surface area (Å²) in [6.45, 7) is 7.93. The predicted octanol–water partition coefficient (Wildman–Crippen LogP) is 3.71. The number of aromatic nitrogens is 3. The number of benzene rings is 1. The number of likely N-dealkylation sites (tertiary alicyclic amines) is 1. The van der Waals surface area contributed by atoms with E-state index in [1.165, 1.54) is 0 Å². The largest absolute Gasteiger partial charge is 0.497 e. The van der Waals surface area contributed by atoms with Gasteiger partial charge in [0.1, 0.15) is 24.2 Å². The highest BCUT2D eigenvalue weighted by Gasteiger charge is 2.37. The lowest BCUT2D eigenvalue weighted by molar-refractivity contribution is 0.102. The molecule has 3 aromatic rings. The lowest BCUT2D eigenvalue weighted by Gasteiger charge is -2.33. The van der Waals surface area contributed by atoms with Gasteiger partial charge in [0.05, 0.1) is 18.0 Å². The van der Waals surface area contributed by atoms with Crippen molar-refractivity contribution in [3.05, 3.63) is 60.0 Å². The van der Waals surface area contributed by atoms with Crippen molar-refractivity contribution in [1.29, 1.82) is 0 Å². The molecule has 5 rings (SSSR count). The molecule has 2 aromatic heterocycles. The van der Waals surface area contributed by atoms with Gasteiger partial charge in [-0.15, -0.1) is 0 Å². The Bertz CT molecular complexity index is 1440. The Kier molecular flexibility index (Phi) is 9.99. The number of methoxy groups -OCH3 is 1. The van der Waals surface area contributed by atoms with Gasteiger partial charge in [-0.05, 0) is 74.9 Å². The van der Waals surface area contributed by atoms with Gasteiger partial charge >= 0.3 is 0 Å². The van der Waals surface area contributed by atoms with Crippen LogP contribution in [0.4, 0.5) is 5.95 Å². The average Bonchev–Trinajstić information content (AvgIpc) is 3.49. The molecule has 11 nitrogen and oxygen atoms in total. The maximum Gasteiger partial charge on any atom is 0.243 e. The van der Waals surface area contributed by atoms with Crippen molar-refractivity contribution in [2.75, 3.05) is 58.4 Å². The maximum absolute atomic E-state index is 13.7. The lowest BCUT2D eigenvalue weighted by atomic mass is 10.1. The first-order valence-corrected chi connectivity index (χ1v) is 16.3. The van der Waals surface area contributed by atoms with Crippen LogP contribution >= 0.6 is 0 Å². The Hall–Kier alpha value is -3.48. The zero-order valence-corrected chi connectivity index (χ0v) is 26.3. The number of nitrogens with zero attached hydrogens (tertiary/aromatic N) is 6. The van der Waals surface area contributed by atoms with Crippen LogP contribution in [0, 0.1) is 13.8 Å². The van der Waals surface area contributed by atoms with Gasteiger partial charge in [-0.25, -0.2) is 13.4 Å². The minimum absolute atomic E-state index is 0.226. The molecule has 1 atom stereocenters. The number of pyridine rings is 1. The summed E-state index contributed by atoms with van der Waals surface area (Å²) in [4.78, 5) is 17.9. The highest BCUT2D eigenvalue weighted by molar-refractivity contribution is 7.89. The molecule has 2 fully saturated rings. The number of rotatable bonds is 12. The Morgan fingerprint density at radius 3 is 2.40 bits per heavy atom. The molecule has 0 spiro atoms. The summed E-state index contributed by atoms with van der Waals surface area (Å²) < 4.78 is 46.5. The van der Waals surface area contributed by atoms with Crippen molar-refractivity contribution in [3.63, 3.8) is 0 Å². The molecule has 4 heterocycles. The maximum atomic E-state index is 13.7. The Morgan fingerprint density at radius 1 is 0.977 bits per heavy atom. The van der Waals surface area contributed by atoms with Gasteiger partial charge in [-0.3, -0.25) is 4.98 Å². The van der Waals surface area contributed by atoms with Crippen molar-refractivity contribution in [1.82, 2.24) is 24.2 Å². The normalized spacial score (nSPS) is 18.5. The first-order valence-electron chi connectivity index (χ1n) is 14.9. The first-order chi connectivity index (χ1) is 20.7. The van der Waals surface area contributed by atoms with Gasteiger partial charge in [-0.2, -0.15) is 9.29 Å². The molecule has 0 saturated carbocycles. The van der Waals surface area contributed by atoms with E-state index in [1.807, 2.05) is 37.9 Å². The van der Waals surface area contributed by atoms with E-state index in [0.29, 0.717) is 40.1 Å². The Morgan fingerprint density at radius 2 is 1.70 bits per heavy atom. The molecule has 0 radical (unpaired) electrons. The Labute approximate surface area is 254 Å². The fraction of sp³-hybridized carbons (Fsp3) is 0.516. The summed E-state index contributed by atoms with van der Waals surface area (Å²) in [7, 11) is -0.140. The van der Waals surface area contributed by atoms with Gasteiger partial charge in [0.25, 0.3) is 0 Å². The van der Waals surface area contributed by atoms with E-state index < -0.39 is 10.0 Å². The summed E-state index contributed by atoms with van der Waals surface area (Å²) >= 11 is 0. The van der Waals surface area contributed by atoms with E-state index >= 15 is 0 Å². The third-order valence-electron chi connectivity index (χ3n) is 8.18. The molecule has 0 bridgehead atoms. The number of aryl methyl sites for hydroxylation is 2. The number of hydrogen-bond acceptors (Lipinski definition) is 10. The van der Waals surface area contributed by atoms with Crippen LogP contribution in [0.2, 0.25) is 0 Å². The fourth-order valence-electron chi connectivity index (χ4n) is 5.87. The van der Waals surface area contributed by atoms with Crippen molar-refractivity contribution in [2.45, 2.75) is 56.6 Å². The molecule has 2 saturated heterocycles. The van der Waals surface area contributed by atoms with Crippen LogP contribution in [-0.2, 0) is 10.0 Å². The topological polar surface area (TPSA) is 110 Å². The zero-order valence-electron chi connectivity index (χ0n) is 25.5. The van der Waals surface area contributed by atoms with Crippen molar-refractivity contribution in [3.8, 4) is 17.4 Å². The molecule has 43 heavy (non-hydrogen) atoms. The standard InChI is InChI=1S/C31H42N6O5S/c1-23-20-28(40-4)21-24(2)30(23)43(38,39)37-15-5-6-25(37)22-41-29-9-14-33-31(34-29)35(3)18-19-36-16-10-27(11-17-36)42-26-7-12-32-13-8-26/h7-9,12-14,20-21,25,27H,5-6,10-11,15-19,22H2,1-4H3/t25-/m0/s1. The molecule has 12 heteroatoms. The summed E-state index contributed by atoms with van der Waals surface area (Å²) in [5, 5.41) is 0. The molecule has 0 amide bonds. The average molecular weight is 611 g/mol. The first kappa shape index (κ1) is 31.0. The van der Waals surface area contributed by atoms with Crippen LogP contribution < -0.4 is 19.1 Å². The molecular formula is C31H42N6O5S. The number of sulfonamides is 1. The number of ether oxygens (including phenoxy) is 3. The van der Waals surface area contributed by atoms with Crippen molar-refractivity contribution < 1.29 is 22.6 Å². The second kappa shape index (κ2) is 13.9. The molecule has 0 N–H and O–H groups in total. The smallest absolute Gasteiger partial charge is 0.243 e. The summed E-state index contributed by atoms with van der Waals surface area (Å²) in [5.41, 5.74) is 1.35. The molecule has 1 aromatic carbocycles. The monoisotopic (exact) mass is 610 g/mol. The minimum Gasteiger partial charge on any atom is -0.497 e. The van der Waals surface area contributed by atoms with E-state index in [1.54, 1.807) is 48.2 Å². The van der Waals surface area contributed by atoms with Gasteiger partial charge in [0.15, 0.2) is 0 Å². The molecule has 0 aliphatic carbocycles. The zero-order chi connectivity index (χ0) is 30.4. The number of likely N-dealkylation sites (N-methyl/N-ethyl adjacent to an activating group) is 1. The second-order valence-electron chi connectivity index (χ2n) is 11.3. The van der Waals surface area contributed by atoms with Crippen molar-refractivity contribution in [2.24, 2.45) is 0 Å². The quantitative estimate of drug-likeness (QED) is 0.301. The van der Waals surface area contributed by atoms with Crippen LogP contribution in [-0.4, -0.2) is 98.2 Å². The molecular weight excluding hydrogens is 568 g/mol. The minimum atomic E-state index is -3.70. The van der Waals surface area contributed by atoms with Crippen LogP contribution in [0.15, 0.2) is 53.8 Å². The highest BCUT2D eigenvalue weighted by Crippen LogP contribution is 2.32. The summed E-state index contributed by atoms with van der Waals surface area (Å²) in [5.74, 6) is 2.54. The van der Waals surface area contributed by atoms with E-state index in [-0.39, 0.29) is 18.8 Å². The third kappa shape index (κ3) is 7.54. The molecule has 0 unspecified atom stereocenters. The van der Waals surface area contributed by atoms with Gasteiger partial charge in [0, 0.05) is 64.4 Å². The van der Waals surface area contributed by atoms with Gasteiger partial charge in [0.2, 0.25) is 21.9 Å². The van der Waals surface area contributed by atoms with Crippen LogP contribution in [0.3, 0.4) is 0 Å². The summed E-state index contributed by atoms with van der Waals surface area (Å²) in [6, 6.07) is 8.77. The predicted molar refractivity (Wildman–Crippen MR) is 165 cm³/mol. The third-order valence-corrected chi connectivity index (χ3v) is 10.4. The van der Waals surface area contributed by atoms with Crippen LogP contribution in [0.1, 0.15) is 36.8 Å². The molecule has 2 aliphatic heterocycles. The number of hydrogen-bond donors (Lipinski definition) is 0. The van der Waals surface area contributed by atoms with Gasteiger partial charge in [-0.1, -0.05) is 0 Å². The molecule has 2 aliphatic rings. The fourth-order valence-corrected chi connectivity index (χ4v) is 7.97. The molecule has 232 valence electrons.